The largest absolute Gasteiger partial charge is 0.344 e. The van der Waals surface area contributed by atoms with Gasteiger partial charge in [-0.25, -0.2) is 4.39 Å². The third kappa shape index (κ3) is 5.02. The lowest BCUT2D eigenvalue weighted by Gasteiger charge is -2.22. The van der Waals surface area contributed by atoms with Crippen molar-refractivity contribution in [3.05, 3.63) is 0 Å². The molecule has 2 unspecified atom stereocenters. The fourth-order valence-corrected chi connectivity index (χ4v) is 2.24. The van der Waals surface area contributed by atoms with Crippen molar-refractivity contribution < 1.29 is 9.18 Å². The van der Waals surface area contributed by atoms with Gasteiger partial charge in [0.15, 0.2) is 0 Å². The molecule has 0 aliphatic carbocycles. The van der Waals surface area contributed by atoms with Gasteiger partial charge in [-0.05, 0) is 12.8 Å². The number of likely N-dealkylation sites (tertiary alicyclic amines) is 2. The Kier molecular flexibility index (Phi) is 9.04. The van der Waals surface area contributed by atoms with Crippen LogP contribution in [0, 0.1) is 0 Å². The van der Waals surface area contributed by atoms with E-state index >= 15 is 0 Å². The first-order valence-electron chi connectivity index (χ1n) is 6.87. The molecule has 2 atom stereocenters. The van der Waals surface area contributed by atoms with Crippen molar-refractivity contribution in [1.29, 1.82) is 0 Å². The van der Waals surface area contributed by atoms with Crippen LogP contribution in [0.1, 0.15) is 40.5 Å². The zero-order valence-corrected chi connectivity index (χ0v) is 11.7. The van der Waals surface area contributed by atoms with Crippen LogP contribution in [0.4, 0.5) is 4.39 Å². The summed E-state index contributed by atoms with van der Waals surface area (Å²) >= 11 is 0. The predicted octanol–water partition coefficient (Wildman–Crippen LogP) is 2.31. The van der Waals surface area contributed by atoms with E-state index in [2.05, 4.69) is 4.90 Å². The number of hydrogen-bond acceptors (Lipinski definition) is 2. The second-order valence-electron chi connectivity index (χ2n) is 3.92. The van der Waals surface area contributed by atoms with Crippen LogP contribution in [0.25, 0.3) is 0 Å². The van der Waals surface area contributed by atoms with Gasteiger partial charge >= 0.3 is 0 Å². The molecule has 0 radical (unpaired) electrons. The maximum absolute atomic E-state index is 12.9. The summed E-state index contributed by atoms with van der Waals surface area (Å²) in [6.07, 6.45) is 1.91. The third-order valence-electron chi connectivity index (χ3n) is 3.02. The average molecular weight is 246 g/mol. The van der Waals surface area contributed by atoms with Crippen LogP contribution in [-0.2, 0) is 4.79 Å². The molecule has 2 rings (SSSR count). The highest BCUT2D eigenvalue weighted by molar-refractivity contribution is 5.47. The Morgan fingerprint density at radius 3 is 2.12 bits per heavy atom. The van der Waals surface area contributed by atoms with Gasteiger partial charge in [0, 0.05) is 32.2 Å². The van der Waals surface area contributed by atoms with E-state index in [4.69, 9.17) is 0 Å². The van der Waals surface area contributed by atoms with Crippen LogP contribution < -0.4 is 0 Å². The average Bonchev–Trinajstić information content (AvgIpc) is 3.02. The first-order valence-corrected chi connectivity index (χ1v) is 6.87. The van der Waals surface area contributed by atoms with Crippen molar-refractivity contribution in [3.63, 3.8) is 0 Å². The fourth-order valence-electron chi connectivity index (χ4n) is 2.24. The summed E-state index contributed by atoms with van der Waals surface area (Å²) in [7, 11) is 0. The third-order valence-corrected chi connectivity index (χ3v) is 3.02. The molecule has 2 fully saturated rings. The van der Waals surface area contributed by atoms with Crippen LogP contribution in [0.15, 0.2) is 0 Å². The number of alkyl halides is 1. The fraction of sp³-hybridized carbons (Fsp3) is 0.923. The molecule has 0 saturated carbocycles. The molecule has 2 aliphatic heterocycles. The van der Waals surface area contributed by atoms with Gasteiger partial charge in [0.05, 0.1) is 0 Å². The SMILES string of the molecule is CC.CC.O=CN1CCC(N2CCC(F)C2)C1. The van der Waals surface area contributed by atoms with Gasteiger partial charge in [-0.15, -0.1) is 0 Å². The standard InChI is InChI=1S/C9H15FN2O.2C2H6/c10-8-1-4-12(5-8)9-2-3-11(6-9)7-13;2*1-2/h7-9H,1-6H2;2*1-2H3. The van der Waals surface area contributed by atoms with Crippen molar-refractivity contribution in [1.82, 2.24) is 9.80 Å². The Labute approximate surface area is 105 Å². The number of carbonyl (C=O) groups excluding carboxylic acids is 1. The van der Waals surface area contributed by atoms with Crippen LogP contribution in [0.3, 0.4) is 0 Å². The summed E-state index contributed by atoms with van der Waals surface area (Å²) in [5.74, 6) is 0. The zero-order chi connectivity index (χ0) is 13.3. The highest BCUT2D eigenvalue weighted by Gasteiger charge is 2.32. The second-order valence-corrected chi connectivity index (χ2v) is 3.92. The molecule has 3 nitrogen and oxygen atoms in total. The molecular weight excluding hydrogens is 219 g/mol. The predicted molar refractivity (Wildman–Crippen MR) is 69.8 cm³/mol. The van der Waals surface area contributed by atoms with Gasteiger partial charge in [-0.1, -0.05) is 27.7 Å². The molecule has 0 aromatic carbocycles. The number of carbonyl (C=O) groups is 1. The molecule has 2 heterocycles. The molecule has 2 saturated heterocycles. The van der Waals surface area contributed by atoms with Crippen molar-refractivity contribution in [2.75, 3.05) is 26.2 Å². The highest BCUT2D eigenvalue weighted by atomic mass is 19.1. The second kappa shape index (κ2) is 9.40. The van der Waals surface area contributed by atoms with E-state index in [1.165, 1.54) is 0 Å². The molecule has 1 amide bonds. The molecule has 0 aromatic rings. The molecule has 102 valence electrons. The molecule has 17 heavy (non-hydrogen) atoms. The highest BCUT2D eigenvalue weighted by Crippen LogP contribution is 2.21. The lowest BCUT2D eigenvalue weighted by atomic mass is 10.2. The van der Waals surface area contributed by atoms with Crippen molar-refractivity contribution in [3.8, 4) is 0 Å². The van der Waals surface area contributed by atoms with E-state index in [0.717, 1.165) is 32.5 Å². The van der Waals surface area contributed by atoms with Crippen molar-refractivity contribution in [2.45, 2.75) is 52.8 Å². The van der Waals surface area contributed by atoms with Gasteiger partial charge in [0.2, 0.25) is 6.41 Å². The first-order chi connectivity index (χ1) is 8.29. The Morgan fingerprint density at radius 2 is 1.71 bits per heavy atom. The van der Waals surface area contributed by atoms with Gasteiger partial charge in [0.25, 0.3) is 0 Å². The maximum Gasteiger partial charge on any atom is 0.209 e. The number of amides is 1. The minimum atomic E-state index is -0.648. The van der Waals surface area contributed by atoms with E-state index in [1.807, 2.05) is 27.7 Å². The number of nitrogens with zero attached hydrogens (tertiary/aromatic N) is 2. The number of halogens is 1. The first kappa shape index (κ1) is 16.4. The summed E-state index contributed by atoms with van der Waals surface area (Å²) in [5.41, 5.74) is 0. The summed E-state index contributed by atoms with van der Waals surface area (Å²) in [6.45, 7) is 11.0. The minimum absolute atomic E-state index is 0.408. The lowest BCUT2D eigenvalue weighted by Crippen LogP contribution is -2.35. The maximum atomic E-state index is 12.9. The van der Waals surface area contributed by atoms with Crippen LogP contribution in [0.5, 0.6) is 0 Å². The molecule has 0 bridgehead atoms. The molecule has 2 aliphatic rings. The molecule has 4 heteroatoms. The lowest BCUT2D eigenvalue weighted by molar-refractivity contribution is -0.117. The zero-order valence-electron chi connectivity index (χ0n) is 11.7. The topological polar surface area (TPSA) is 23.6 Å². The Bertz CT molecular complexity index is 202. The van der Waals surface area contributed by atoms with E-state index in [0.29, 0.717) is 19.0 Å². The summed E-state index contributed by atoms with van der Waals surface area (Å²) in [6, 6.07) is 0.408. The van der Waals surface area contributed by atoms with Gasteiger partial charge in [0.1, 0.15) is 6.17 Å². The van der Waals surface area contributed by atoms with Crippen LogP contribution in [-0.4, -0.2) is 54.6 Å². The summed E-state index contributed by atoms with van der Waals surface area (Å²) in [4.78, 5) is 14.4. The molecular formula is C13H27FN2O. The smallest absolute Gasteiger partial charge is 0.209 e. The number of hydrogen-bond donors (Lipinski definition) is 0. The van der Waals surface area contributed by atoms with Crippen molar-refractivity contribution >= 4 is 6.41 Å². The Hall–Kier alpha value is -0.640. The summed E-state index contributed by atoms with van der Waals surface area (Å²) < 4.78 is 12.9. The van der Waals surface area contributed by atoms with E-state index in [-0.39, 0.29) is 0 Å². The monoisotopic (exact) mass is 246 g/mol. The quantitative estimate of drug-likeness (QED) is 0.698. The summed E-state index contributed by atoms with van der Waals surface area (Å²) in [5, 5.41) is 0. The number of rotatable bonds is 2. The molecule has 0 aromatic heterocycles. The molecule has 0 N–H and O–H groups in total. The van der Waals surface area contributed by atoms with E-state index in [9.17, 15) is 9.18 Å². The normalized spacial score (nSPS) is 27.9. The minimum Gasteiger partial charge on any atom is -0.344 e. The van der Waals surface area contributed by atoms with Crippen LogP contribution >= 0.6 is 0 Å². The van der Waals surface area contributed by atoms with Gasteiger partial charge in [-0.2, -0.15) is 0 Å². The van der Waals surface area contributed by atoms with Crippen molar-refractivity contribution in [2.24, 2.45) is 0 Å². The Balaban J connectivity index is 0.000000581. The Morgan fingerprint density at radius 1 is 1.06 bits per heavy atom. The van der Waals surface area contributed by atoms with Gasteiger partial charge in [-0.3, -0.25) is 9.69 Å². The van der Waals surface area contributed by atoms with E-state index in [1.54, 1.807) is 4.90 Å². The van der Waals surface area contributed by atoms with Gasteiger partial charge < -0.3 is 4.90 Å². The molecule has 0 spiro atoms. The van der Waals surface area contributed by atoms with Crippen LogP contribution in [0.2, 0.25) is 0 Å². The van der Waals surface area contributed by atoms with E-state index < -0.39 is 6.17 Å².